The molecule has 0 aliphatic carbocycles. The molecule has 4 aromatic carbocycles. The number of unbranched alkanes of at least 4 members (excludes halogenated alkanes) is 6. The van der Waals surface area contributed by atoms with Crippen LogP contribution in [0.25, 0.3) is 4.91 Å². The van der Waals surface area contributed by atoms with E-state index in [-0.39, 0.29) is 5.97 Å². The van der Waals surface area contributed by atoms with Crippen LogP contribution in [0.2, 0.25) is 0 Å². The second-order valence-corrected chi connectivity index (χ2v) is 16.8. The van der Waals surface area contributed by atoms with Gasteiger partial charge in [-0.05, 0) is 79.4 Å². The molecule has 0 radical (unpaired) electrons. The normalized spacial score (nSPS) is 13.1. The molecule has 0 bridgehead atoms. The number of esters is 1. The molecular weight excluding hydrogens is 584 g/mol. The zero-order valence-corrected chi connectivity index (χ0v) is 27.2. The molecule has 0 saturated heterocycles. The fourth-order valence-corrected chi connectivity index (χ4v) is 12.1. The third kappa shape index (κ3) is 8.54. The summed E-state index contributed by atoms with van der Waals surface area (Å²) in [5, 5.41) is 4.39. The Labute approximate surface area is 265 Å². The molecule has 220 valence electrons. The molecule has 0 fully saturated rings. The Morgan fingerprint density at radius 2 is 1.09 bits per heavy atom. The van der Waals surface area contributed by atoms with Crippen molar-refractivity contribution in [3.8, 4) is 5.75 Å². The third-order valence-corrected chi connectivity index (χ3v) is 14.8. The smallest absolute Gasteiger partial charge is 0.311 e. The number of allylic oxidation sites excluding steroid dienone is 1. The molecule has 0 N–H and O–H groups in total. The van der Waals surface area contributed by atoms with Crippen LogP contribution in [-0.4, -0.2) is 12.1 Å². The number of carbonyl (C=O) groups is 1. The lowest BCUT2D eigenvalue weighted by molar-refractivity contribution is -0.134. The quantitative estimate of drug-likeness (QED) is 0.0433. The van der Waals surface area contributed by atoms with Crippen molar-refractivity contribution in [1.82, 2.24) is 0 Å². The van der Waals surface area contributed by atoms with Crippen LogP contribution in [0.5, 0.6) is 5.75 Å². The molecule has 0 unspecified atom stereocenters. The number of ether oxygens (including phenoxy) is 1. The molecule has 0 saturated carbocycles. The van der Waals surface area contributed by atoms with E-state index < -0.39 is 7.26 Å². The van der Waals surface area contributed by atoms with Crippen molar-refractivity contribution in [2.75, 3.05) is 6.16 Å². The van der Waals surface area contributed by atoms with Gasteiger partial charge in [-0.15, -0.1) is 0 Å². The summed E-state index contributed by atoms with van der Waals surface area (Å²) in [7, 11) is 1.66. The van der Waals surface area contributed by atoms with Crippen molar-refractivity contribution in [2.24, 2.45) is 0 Å². The van der Waals surface area contributed by atoms with Crippen molar-refractivity contribution in [2.45, 2.75) is 51.4 Å². The van der Waals surface area contributed by atoms with E-state index in [0.717, 1.165) is 29.7 Å². The zero-order valence-electron chi connectivity index (χ0n) is 24.7. The van der Waals surface area contributed by atoms with E-state index in [0.29, 0.717) is 12.2 Å². The predicted octanol–water partition coefficient (Wildman–Crippen LogP) is 9.96. The molecule has 0 atom stereocenters. The van der Waals surface area contributed by atoms with Crippen molar-refractivity contribution >= 4 is 55.6 Å². The van der Waals surface area contributed by atoms with E-state index in [1.54, 1.807) is 21.6 Å². The highest BCUT2D eigenvalue weighted by Crippen LogP contribution is 2.56. The predicted molar refractivity (Wildman–Crippen MR) is 191 cm³/mol. The molecule has 43 heavy (non-hydrogen) atoms. The minimum absolute atomic E-state index is 0.144. The average molecular weight is 624 g/mol. The second kappa shape index (κ2) is 16.1. The summed E-state index contributed by atoms with van der Waals surface area (Å²) in [5.41, 5.74) is 1.13. The van der Waals surface area contributed by atoms with Crippen LogP contribution >= 0.6 is 28.9 Å². The molecule has 5 rings (SSSR count). The van der Waals surface area contributed by atoms with Crippen molar-refractivity contribution in [3.05, 3.63) is 138 Å². The van der Waals surface area contributed by atoms with E-state index in [1.807, 2.05) is 24.3 Å². The summed E-state index contributed by atoms with van der Waals surface area (Å²) < 4.78 is 5.57. The Bertz CT molecular complexity index is 1390. The van der Waals surface area contributed by atoms with E-state index >= 15 is 0 Å². The molecule has 4 aromatic rings. The Morgan fingerprint density at radius 3 is 1.58 bits per heavy atom. The Hall–Kier alpha value is -3.04. The number of rotatable bonds is 15. The summed E-state index contributed by atoms with van der Waals surface area (Å²) in [4.78, 5) is 14.6. The average Bonchev–Trinajstić information content (AvgIpc) is 3.50. The van der Waals surface area contributed by atoms with Crippen LogP contribution < -0.4 is 20.7 Å². The van der Waals surface area contributed by atoms with Gasteiger partial charge in [-0.2, -0.15) is 0 Å². The van der Waals surface area contributed by atoms with Gasteiger partial charge >= 0.3 is 5.97 Å². The fourth-order valence-electron chi connectivity index (χ4n) is 5.68. The standard InChI is InChI=1S/C38H40O2PS2/c1-31-30-37(43-42-31)32-25-27-33(28-26-32)40-38(39)24-16-5-3-2-4-6-17-29-41(34-18-10-7-11-19-34,35-20-12-8-13-21-35)36-22-14-9-15-23-36/h7-15,18-23,25-28,30H,1-6,16-17,24,29H2/q+1. The van der Waals surface area contributed by atoms with Gasteiger partial charge in [0.25, 0.3) is 0 Å². The first kappa shape index (κ1) is 31.4. The van der Waals surface area contributed by atoms with Crippen LogP contribution in [-0.2, 0) is 4.79 Å². The summed E-state index contributed by atoms with van der Waals surface area (Å²) in [6, 6.07) is 41.2. The monoisotopic (exact) mass is 623 g/mol. The van der Waals surface area contributed by atoms with Crippen molar-refractivity contribution in [3.63, 3.8) is 0 Å². The zero-order chi connectivity index (χ0) is 29.7. The molecule has 0 spiro atoms. The second-order valence-electron chi connectivity index (χ2n) is 10.9. The van der Waals surface area contributed by atoms with Gasteiger partial charge in [-0.3, -0.25) is 4.79 Å². The Kier molecular flexibility index (Phi) is 11.8. The minimum Gasteiger partial charge on any atom is -0.427 e. The van der Waals surface area contributed by atoms with Gasteiger partial charge in [-0.25, -0.2) is 0 Å². The maximum Gasteiger partial charge on any atom is 0.311 e. The van der Waals surface area contributed by atoms with Crippen molar-refractivity contribution < 1.29 is 9.53 Å². The van der Waals surface area contributed by atoms with Crippen LogP contribution in [0.3, 0.4) is 0 Å². The van der Waals surface area contributed by atoms with Crippen LogP contribution in [0.1, 0.15) is 56.9 Å². The summed E-state index contributed by atoms with van der Waals surface area (Å²) in [6.45, 7) is 3.98. The van der Waals surface area contributed by atoms with E-state index in [1.165, 1.54) is 52.7 Å². The third-order valence-electron chi connectivity index (χ3n) is 7.87. The maximum absolute atomic E-state index is 12.4. The highest BCUT2D eigenvalue weighted by Gasteiger charge is 2.44. The van der Waals surface area contributed by atoms with Gasteiger partial charge < -0.3 is 4.74 Å². The van der Waals surface area contributed by atoms with Gasteiger partial charge in [0.1, 0.15) is 28.9 Å². The lowest BCUT2D eigenvalue weighted by atomic mass is 10.1. The largest absolute Gasteiger partial charge is 0.427 e. The van der Waals surface area contributed by atoms with E-state index in [4.69, 9.17) is 4.74 Å². The number of benzene rings is 4. The molecule has 0 amide bonds. The number of carbonyl (C=O) groups excluding carboxylic acids is 1. The topological polar surface area (TPSA) is 26.3 Å². The van der Waals surface area contributed by atoms with Crippen molar-refractivity contribution in [1.29, 1.82) is 0 Å². The highest BCUT2D eigenvalue weighted by molar-refractivity contribution is 8.82. The minimum atomic E-state index is -1.73. The molecule has 5 heteroatoms. The lowest BCUT2D eigenvalue weighted by Crippen LogP contribution is -2.33. The van der Waals surface area contributed by atoms with Gasteiger partial charge in [0, 0.05) is 16.2 Å². The molecule has 1 aliphatic rings. The van der Waals surface area contributed by atoms with Gasteiger partial charge in [-0.1, -0.05) is 121 Å². The van der Waals surface area contributed by atoms with Crippen LogP contribution in [0.4, 0.5) is 0 Å². The summed E-state index contributed by atoms with van der Waals surface area (Å²) in [6.07, 6.45) is 11.7. The Balaban J connectivity index is 1.05. The van der Waals surface area contributed by atoms with Gasteiger partial charge in [0.15, 0.2) is 0 Å². The molecule has 1 heterocycles. The lowest BCUT2D eigenvalue weighted by Gasteiger charge is -2.27. The first-order valence-electron chi connectivity index (χ1n) is 15.3. The van der Waals surface area contributed by atoms with E-state index in [9.17, 15) is 4.79 Å². The molecule has 1 aliphatic heterocycles. The highest BCUT2D eigenvalue weighted by atomic mass is 33.1. The molecule has 0 aromatic heterocycles. The summed E-state index contributed by atoms with van der Waals surface area (Å²) >= 11 is 0. The number of hydrogen-bond acceptors (Lipinski definition) is 4. The Morgan fingerprint density at radius 1 is 0.605 bits per heavy atom. The van der Waals surface area contributed by atoms with Crippen LogP contribution in [0, 0.1) is 0 Å². The fraction of sp³-hybridized carbons (Fsp3) is 0.237. The van der Waals surface area contributed by atoms with Crippen LogP contribution in [0.15, 0.2) is 133 Å². The van der Waals surface area contributed by atoms with Gasteiger partial charge in [0.05, 0.1) is 6.16 Å². The van der Waals surface area contributed by atoms with E-state index in [2.05, 4.69) is 104 Å². The number of hydrogen-bond donors (Lipinski definition) is 0. The first-order valence-corrected chi connectivity index (χ1v) is 19.4. The van der Waals surface area contributed by atoms with Gasteiger partial charge in [0.2, 0.25) is 0 Å². The maximum atomic E-state index is 12.4. The SMILES string of the molecule is C=C1C=C(c2ccc(OC(=O)CCCCCCCCC[P+](c3ccccc3)(c3ccccc3)c3ccccc3)cc2)SS1. The first-order chi connectivity index (χ1) is 21.1. The summed E-state index contributed by atoms with van der Waals surface area (Å²) in [5.74, 6) is 0.471. The molecule has 2 nitrogen and oxygen atoms in total. The molecular formula is C38H40O2PS2+.